The van der Waals surface area contributed by atoms with Crippen LogP contribution < -0.4 is 0 Å². The Kier molecular flexibility index (Phi) is 3.57. The van der Waals surface area contributed by atoms with Crippen LogP contribution in [-0.4, -0.2) is 31.9 Å². The Hall–Kier alpha value is -0.530. The molecule has 0 fully saturated rings. The molecule has 0 aliphatic heterocycles. The van der Waals surface area contributed by atoms with Gasteiger partial charge in [0.25, 0.3) is 0 Å². The van der Waals surface area contributed by atoms with Crippen LogP contribution >= 0.6 is 22.6 Å². The van der Waals surface area contributed by atoms with E-state index in [0.29, 0.717) is 10.7 Å². The van der Waals surface area contributed by atoms with Gasteiger partial charge in [-0.2, -0.15) is 0 Å². The van der Waals surface area contributed by atoms with Gasteiger partial charge in [-0.15, -0.1) is 5.10 Å². The predicted molar refractivity (Wildman–Crippen MR) is 49.2 cm³/mol. The molecule has 0 spiro atoms. The number of aldehydes is 1. The molecule has 1 aromatic heterocycles. The molecule has 0 aliphatic rings. The zero-order valence-corrected chi connectivity index (χ0v) is 8.31. The van der Waals surface area contributed by atoms with Crippen LogP contribution in [0.2, 0.25) is 0 Å². The lowest BCUT2D eigenvalue weighted by molar-refractivity contribution is 0.111. The smallest absolute Gasteiger partial charge is 0.171 e. The summed E-state index contributed by atoms with van der Waals surface area (Å²) in [5.41, 5.74) is 0.232. The lowest BCUT2D eigenvalue weighted by Gasteiger charge is -2.01. The molecule has 6 heteroatoms. The quantitative estimate of drug-likeness (QED) is 0.468. The summed E-state index contributed by atoms with van der Waals surface area (Å²) in [6.07, 6.45) is 1.07. The Labute approximate surface area is 82.3 Å². The second-order valence-corrected chi connectivity index (χ2v) is 3.12. The van der Waals surface area contributed by atoms with Crippen LogP contribution in [-0.2, 0) is 6.54 Å². The monoisotopic (exact) mass is 283 g/mol. The third kappa shape index (κ3) is 2.50. The number of carbonyl (C=O) groups is 1. The fraction of sp³-hybridized carbons (Fsp3) is 0.500. The van der Waals surface area contributed by atoms with Crippen molar-refractivity contribution in [3.8, 4) is 0 Å². The fourth-order valence-electron chi connectivity index (χ4n) is 0.708. The second kappa shape index (κ2) is 4.48. The van der Waals surface area contributed by atoms with Gasteiger partial charge in [0.15, 0.2) is 6.29 Å². The van der Waals surface area contributed by atoms with Gasteiger partial charge < -0.3 is 0 Å². The van der Waals surface area contributed by atoms with E-state index in [1.807, 2.05) is 22.6 Å². The van der Waals surface area contributed by atoms with Gasteiger partial charge in [-0.05, 0) is 0 Å². The molecule has 0 bridgehead atoms. The Morgan fingerprint density at radius 2 is 2.58 bits per heavy atom. The van der Waals surface area contributed by atoms with E-state index >= 15 is 0 Å². The van der Waals surface area contributed by atoms with Gasteiger partial charge in [0.05, 0.1) is 12.7 Å². The first-order valence-corrected chi connectivity index (χ1v) is 4.84. The van der Waals surface area contributed by atoms with Gasteiger partial charge in [-0.25, -0.2) is 9.07 Å². The van der Waals surface area contributed by atoms with Crippen LogP contribution in [0.15, 0.2) is 6.20 Å². The molecule has 1 atom stereocenters. The van der Waals surface area contributed by atoms with Crippen molar-refractivity contribution in [1.29, 1.82) is 0 Å². The van der Waals surface area contributed by atoms with Crippen LogP contribution in [0.1, 0.15) is 10.5 Å². The molecule has 0 saturated carbocycles. The number of rotatable bonds is 4. The Morgan fingerprint density at radius 1 is 1.83 bits per heavy atom. The van der Waals surface area contributed by atoms with E-state index in [2.05, 4.69) is 10.3 Å². The molecule has 66 valence electrons. The van der Waals surface area contributed by atoms with E-state index in [0.717, 1.165) is 0 Å². The molecular formula is C6H7FIN3O. The number of hydrogen-bond donors (Lipinski definition) is 0. The van der Waals surface area contributed by atoms with E-state index < -0.39 is 6.17 Å². The summed E-state index contributed by atoms with van der Waals surface area (Å²) in [7, 11) is 0. The maximum absolute atomic E-state index is 12.7. The number of aromatic nitrogens is 3. The van der Waals surface area contributed by atoms with E-state index in [1.54, 1.807) is 0 Å². The Morgan fingerprint density at radius 3 is 3.08 bits per heavy atom. The Balaban J connectivity index is 2.57. The fourth-order valence-corrected chi connectivity index (χ4v) is 0.987. The van der Waals surface area contributed by atoms with E-state index in [1.165, 1.54) is 10.9 Å². The first-order valence-electron chi connectivity index (χ1n) is 3.31. The zero-order valence-electron chi connectivity index (χ0n) is 6.15. The highest BCUT2D eigenvalue weighted by atomic mass is 127. The zero-order chi connectivity index (χ0) is 8.97. The second-order valence-electron chi connectivity index (χ2n) is 2.23. The van der Waals surface area contributed by atoms with Crippen LogP contribution in [0.25, 0.3) is 0 Å². The largest absolute Gasteiger partial charge is 0.296 e. The molecule has 0 aliphatic carbocycles. The highest BCUT2D eigenvalue weighted by Gasteiger charge is 2.06. The van der Waals surface area contributed by atoms with Crippen LogP contribution in [0.4, 0.5) is 4.39 Å². The van der Waals surface area contributed by atoms with Crippen molar-refractivity contribution in [2.75, 3.05) is 4.43 Å². The predicted octanol–water partition coefficient (Wildman–Crippen LogP) is 0.864. The summed E-state index contributed by atoms with van der Waals surface area (Å²) in [4.78, 5) is 10.2. The number of hydrogen-bond acceptors (Lipinski definition) is 3. The Bertz CT molecular complexity index is 265. The number of alkyl halides is 2. The van der Waals surface area contributed by atoms with Crippen molar-refractivity contribution in [2.24, 2.45) is 0 Å². The molecule has 1 aromatic rings. The number of nitrogens with zero attached hydrogens (tertiary/aromatic N) is 3. The highest BCUT2D eigenvalue weighted by molar-refractivity contribution is 14.1. The van der Waals surface area contributed by atoms with Crippen molar-refractivity contribution in [3.63, 3.8) is 0 Å². The molecule has 0 amide bonds. The molecule has 0 aromatic carbocycles. The van der Waals surface area contributed by atoms with Crippen LogP contribution in [0, 0.1) is 0 Å². The minimum absolute atomic E-state index is 0.157. The van der Waals surface area contributed by atoms with Crippen LogP contribution in [0.5, 0.6) is 0 Å². The van der Waals surface area contributed by atoms with Crippen molar-refractivity contribution in [1.82, 2.24) is 15.0 Å². The minimum Gasteiger partial charge on any atom is -0.296 e. The van der Waals surface area contributed by atoms with Crippen molar-refractivity contribution >= 4 is 28.9 Å². The molecule has 4 nitrogen and oxygen atoms in total. The summed E-state index contributed by atoms with van der Waals surface area (Å²) in [6, 6.07) is 0. The normalized spacial score (nSPS) is 12.8. The summed E-state index contributed by atoms with van der Waals surface area (Å²) in [6.45, 7) is 0.157. The molecule has 0 N–H and O–H groups in total. The summed E-state index contributed by atoms with van der Waals surface area (Å²) in [5.74, 6) is 0. The lowest BCUT2D eigenvalue weighted by Crippen LogP contribution is -2.13. The molecule has 0 radical (unpaired) electrons. The molecular weight excluding hydrogens is 276 g/mol. The topological polar surface area (TPSA) is 47.8 Å². The third-order valence-corrected chi connectivity index (χ3v) is 2.19. The van der Waals surface area contributed by atoms with Gasteiger partial charge in [0.1, 0.15) is 11.9 Å². The van der Waals surface area contributed by atoms with Crippen molar-refractivity contribution in [3.05, 3.63) is 11.9 Å². The van der Waals surface area contributed by atoms with Crippen molar-refractivity contribution < 1.29 is 9.18 Å². The minimum atomic E-state index is -0.938. The van der Waals surface area contributed by atoms with E-state index in [-0.39, 0.29) is 12.2 Å². The van der Waals surface area contributed by atoms with Gasteiger partial charge in [-0.3, -0.25) is 4.79 Å². The van der Waals surface area contributed by atoms with Gasteiger partial charge in [-0.1, -0.05) is 27.8 Å². The standard InChI is InChI=1S/C6H7FIN3O/c7-5(1-8)2-11-3-6(4-12)9-10-11/h3-5H,1-2H2/t5-/m1/s1. The molecule has 12 heavy (non-hydrogen) atoms. The third-order valence-electron chi connectivity index (χ3n) is 1.23. The average Bonchev–Trinajstić information content (AvgIpc) is 2.52. The molecule has 1 heterocycles. The molecule has 0 unspecified atom stereocenters. The summed E-state index contributed by atoms with van der Waals surface area (Å²) in [5, 5.41) is 7.06. The lowest BCUT2D eigenvalue weighted by atomic mass is 10.4. The van der Waals surface area contributed by atoms with Gasteiger partial charge >= 0.3 is 0 Å². The highest BCUT2D eigenvalue weighted by Crippen LogP contribution is 2.00. The van der Waals surface area contributed by atoms with Crippen molar-refractivity contribution in [2.45, 2.75) is 12.7 Å². The number of carbonyl (C=O) groups excluding carboxylic acids is 1. The number of halogens is 2. The first kappa shape index (κ1) is 9.56. The average molecular weight is 283 g/mol. The summed E-state index contributed by atoms with van der Waals surface area (Å²) >= 11 is 1.95. The van der Waals surface area contributed by atoms with Gasteiger partial charge in [0.2, 0.25) is 0 Å². The van der Waals surface area contributed by atoms with Gasteiger partial charge in [0, 0.05) is 4.43 Å². The SMILES string of the molecule is O=Cc1cn(C[C@H](F)CI)nn1. The maximum Gasteiger partial charge on any atom is 0.171 e. The molecule has 1 rings (SSSR count). The molecule has 0 saturated heterocycles. The van der Waals surface area contributed by atoms with Crippen LogP contribution in [0.3, 0.4) is 0 Å². The van der Waals surface area contributed by atoms with E-state index in [9.17, 15) is 9.18 Å². The van der Waals surface area contributed by atoms with E-state index in [4.69, 9.17) is 0 Å². The summed E-state index contributed by atoms with van der Waals surface area (Å²) < 4.78 is 14.5. The first-order chi connectivity index (χ1) is 5.76. The maximum atomic E-state index is 12.7.